The van der Waals surface area contributed by atoms with Crippen molar-refractivity contribution in [2.45, 2.75) is 38.8 Å². The van der Waals surface area contributed by atoms with E-state index < -0.39 is 0 Å². The molecule has 0 bridgehead atoms. The molecule has 2 rings (SSSR count). The van der Waals surface area contributed by atoms with E-state index in [1.165, 1.54) is 0 Å². The molecule has 0 saturated carbocycles. The van der Waals surface area contributed by atoms with E-state index in [0.29, 0.717) is 0 Å². The minimum absolute atomic E-state index is 0.0237. The van der Waals surface area contributed by atoms with Crippen LogP contribution in [0.15, 0.2) is 24.3 Å². The predicted octanol–water partition coefficient (Wildman–Crippen LogP) is 2.21. The normalized spacial score (nSPS) is 15.9. The number of hydrogen-bond donors (Lipinski definition) is 1. The molecule has 122 valence electrons. The second-order valence-electron chi connectivity index (χ2n) is 5.86. The summed E-state index contributed by atoms with van der Waals surface area (Å²) in [6.45, 7) is 5.83. The van der Waals surface area contributed by atoms with Crippen LogP contribution < -0.4 is 15.0 Å². The molecule has 1 saturated heterocycles. The first kappa shape index (κ1) is 16.6. The molecule has 0 aliphatic carbocycles. The van der Waals surface area contributed by atoms with Crippen molar-refractivity contribution >= 4 is 11.6 Å². The highest BCUT2D eigenvalue weighted by Gasteiger charge is 2.22. The molecule has 1 aromatic carbocycles. The number of piperidine rings is 1. The largest absolute Gasteiger partial charge is 0.495 e. The summed E-state index contributed by atoms with van der Waals surface area (Å²) in [6, 6.07) is 8.29. The van der Waals surface area contributed by atoms with Crippen LogP contribution in [-0.2, 0) is 9.53 Å². The number of carbonyl (C=O) groups is 1. The lowest BCUT2D eigenvalue weighted by molar-refractivity contribution is -0.127. The topological polar surface area (TPSA) is 50.8 Å². The summed E-state index contributed by atoms with van der Waals surface area (Å²) in [7, 11) is 1.69. The van der Waals surface area contributed by atoms with Gasteiger partial charge in [-0.25, -0.2) is 0 Å². The second kappa shape index (κ2) is 8.03. The fourth-order valence-corrected chi connectivity index (χ4v) is 2.67. The Morgan fingerprint density at radius 1 is 1.32 bits per heavy atom. The van der Waals surface area contributed by atoms with E-state index in [1.807, 2.05) is 32.0 Å². The van der Waals surface area contributed by atoms with Crippen LogP contribution in [0.2, 0.25) is 0 Å². The molecule has 1 aliphatic heterocycles. The molecule has 0 unspecified atom stereocenters. The molecule has 1 aromatic rings. The zero-order chi connectivity index (χ0) is 15.9. The monoisotopic (exact) mass is 306 g/mol. The number of benzene rings is 1. The third kappa shape index (κ3) is 4.63. The van der Waals surface area contributed by atoms with Gasteiger partial charge in [-0.3, -0.25) is 4.79 Å². The number of nitrogens with one attached hydrogen (secondary N) is 1. The van der Waals surface area contributed by atoms with Crippen LogP contribution in [0.4, 0.5) is 5.69 Å². The molecular weight excluding hydrogens is 280 g/mol. The molecule has 0 radical (unpaired) electrons. The zero-order valence-corrected chi connectivity index (χ0v) is 13.7. The molecule has 1 fully saturated rings. The predicted molar refractivity (Wildman–Crippen MR) is 87.5 cm³/mol. The Labute approximate surface area is 132 Å². The van der Waals surface area contributed by atoms with Crippen LogP contribution in [0.1, 0.15) is 26.7 Å². The Kier molecular flexibility index (Phi) is 6.07. The van der Waals surface area contributed by atoms with Crippen molar-refractivity contribution in [2.24, 2.45) is 0 Å². The highest BCUT2D eigenvalue weighted by atomic mass is 16.5. The first-order valence-electron chi connectivity index (χ1n) is 7.89. The van der Waals surface area contributed by atoms with Crippen molar-refractivity contribution in [3.8, 4) is 5.75 Å². The van der Waals surface area contributed by atoms with E-state index in [1.54, 1.807) is 7.11 Å². The highest BCUT2D eigenvalue weighted by Crippen LogP contribution is 2.29. The summed E-state index contributed by atoms with van der Waals surface area (Å²) in [5.74, 6) is 0.875. The Morgan fingerprint density at radius 3 is 2.64 bits per heavy atom. The smallest absolute Gasteiger partial charge is 0.246 e. The van der Waals surface area contributed by atoms with Gasteiger partial charge in [-0.2, -0.15) is 0 Å². The van der Waals surface area contributed by atoms with Crippen molar-refractivity contribution in [3.63, 3.8) is 0 Å². The quantitative estimate of drug-likeness (QED) is 0.875. The third-order valence-electron chi connectivity index (χ3n) is 3.83. The molecule has 1 aliphatic rings. The average molecular weight is 306 g/mol. The van der Waals surface area contributed by atoms with Crippen molar-refractivity contribution in [3.05, 3.63) is 24.3 Å². The molecule has 1 N–H and O–H groups in total. The molecule has 0 aromatic heterocycles. The number of rotatable bonds is 6. The van der Waals surface area contributed by atoms with Crippen molar-refractivity contribution in [1.82, 2.24) is 5.32 Å². The molecule has 0 atom stereocenters. The van der Waals surface area contributed by atoms with E-state index >= 15 is 0 Å². The second-order valence-corrected chi connectivity index (χ2v) is 5.86. The summed E-state index contributed by atoms with van der Waals surface area (Å²) < 4.78 is 10.7. The van der Waals surface area contributed by atoms with Gasteiger partial charge in [0.2, 0.25) is 5.91 Å². The summed E-state index contributed by atoms with van der Waals surface area (Å²) in [6.07, 6.45) is 1.95. The van der Waals surface area contributed by atoms with Crippen LogP contribution in [0, 0.1) is 0 Å². The van der Waals surface area contributed by atoms with Crippen LogP contribution in [-0.4, -0.2) is 44.9 Å². The fraction of sp³-hybridized carbons (Fsp3) is 0.588. The zero-order valence-electron chi connectivity index (χ0n) is 13.7. The van der Waals surface area contributed by atoms with Gasteiger partial charge >= 0.3 is 0 Å². The Bertz CT molecular complexity index is 483. The number of hydrogen-bond acceptors (Lipinski definition) is 4. The minimum atomic E-state index is -0.0237. The average Bonchev–Trinajstić information content (AvgIpc) is 2.53. The molecule has 0 spiro atoms. The fourth-order valence-electron chi connectivity index (χ4n) is 2.67. The van der Waals surface area contributed by atoms with Gasteiger partial charge in [-0.1, -0.05) is 12.1 Å². The standard InChI is InChI=1S/C17H26N2O3/c1-13(2)22-12-17(20)18-14-8-10-19(11-9-14)15-6-4-5-7-16(15)21-3/h4-7,13-14H,8-12H2,1-3H3,(H,18,20). The van der Waals surface area contributed by atoms with E-state index in [4.69, 9.17) is 9.47 Å². The van der Waals surface area contributed by atoms with Gasteiger partial charge in [0.05, 0.1) is 18.9 Å². The lowest BCUT2D eigenvalue weighted by Gasteiger charge is -2.34. The van der Waals surface area contributed by atoms with E-state index in [9.17, 15) is 4.79 Å². The molecule has 1 heterocycles. The molecule has 5 nitrogen and oxygen atoms in total. The minimum Gasteiger partial charge on any atom is -0.495 e. The first-order chi connectivity index (χ1) is 10.6. The van der Waals surface area contributed by atoms with Gasteiger partial charge in [0.1, 0.15) is 12.4 Å². The number of ether oxygens (including phenoxy) is 2. The van der Waals surface area contributed by atoms with Gasteiger partial charge in [-0.15, -0.1) is 0 Å². The van der Waals surface area contributed by atoms with Crippen molar-refractivity contribution in [2.75, 3.05) is 31.7 Å². The summed E-state index contributed by atoms with van der Waals surface area (Å²) in [5.41, 5.74) is 1.12. The lowest BCUT2D eigenvalue weighted by atomic mass is 10.0. The van der Waals surface area contributed by atoms with Gasteiger partial charge in [0.25, 0.3) is 0 Å². The van der Waals surface area contributed by atoms with E-state index in [0.717, 1.165) is 37.4 Å². The molecule has 5 heteroatoms. The summed E-state index contributed by atoms with van der Waals surface area (Å²) in [5, 5.41) is 3.05. The number of para-hydroxylation sites is 2. The van der Waals surface area contributed by atoms with Crippen molar-refractivity contribution in [1.29, 1.82) is 0 Å². The molecule has 1 amide bonds. The van der Waals surface area contributed by atoms with Crippen LogP contribution in [0.25, 0.3) is 0 Å². The third-order valence-corrected chi connectivity index (χ3v) is 3.83. The maximum absolute atomic E-state index is 11.8. The van der Waals surface area contributed by atoms with Crippen LogP contribution in [0.3, 0.4) is 0 Å². The van der Waals surface area contributed by atoms with Gasteiger partial charge in [0.15, 0.2) is 0 Å². The van der Waals surface area contributed by atoms with Gasteiger partial charge in [-0.05, 0) is 38.8 Å². The van der Waals surface area contributed by atoms with Crippen LogP contribution >= 0.6 is 0 Å². The SMILES string of the molecule is COc1ccccc1N1CCC(NC(=O)COC(C)C)CC1. The van der Waals surface area contributed by atoms with Crippen molar-refractivity contribution < 1.29 is 14.3 Å². The number of carbonyl (C=O) groups excluding carboxylic acids is 1. The molecular formula is C17H26N2O3. The molecule has 22 heavy (non-hydrogen) atoms. The van der Waals surface area contributed by atoms with Gasteiger partial charge < -0.3 is 19.7 Å². The Balaban J connectivity index is 1.81. The summed E-state index contributed by atoms with van der Waals surface area (Å²) in [4.78, 5) is 14.1. The lowest BCUT2D eigenvalue weighted by Crippen LogP contribution is -2.45. The number of methoxy groups -OCH3 is 1. The maximum Gasteiger partial charge on any atom is 0.246 e. The Morgan fingerprint density at radius 2 is 2.00 bits per heavy atom. The number of anilines is 1. The van der Waals surface area contributed by atoms with Crippen LogP contribution in [0.5, 0.6) is 5.75 Å². The first-order valence-corrected chi connectivity index (χ1v) is 7.89. The number of amides is 1. The maximum atomic E-state index is 11.8. The Hall–Kier alpha value is -1.75. The van der Waals surface area contributed by atoms with E-state index in [2.05, 4.69) is 16.3 Å². The number of nitrogens with zero attached hydrogens (tertiary/aromatic N) is 1. The van der Waals surface area contributed by atoms with E-state index in [-0.39, 0.29) is 24.7 Å². The highest BCUT2D eigenvalue weighted by molar-refractivity contribution is 5.77. The summed E-state index contributed by atoms with van der Waals surface area (Å²) >= 11 is 0. The van der Waals surface area contributed by atoms with Gasteiger partial charge in [0, 0.05) is 19.1 Å².